The van der Waals surface area contributed by atoms with Gasteiger partial charge in [-0.25, -0.2) is 0 Å². The minimum absolute atomic E-state index is 0.0568. The molecule has 1 aromatic heterocycles. The lowest BCUT2D eigenvalue weighted by Crippen LogP contribution is -2.42. The van der Waals surface area contributed by atoms with E-state index in [0.717, 1.165) is 18.2 Å². The van der Waals surface area contributed by atoms with Crippen LogP contribution in [0.4, 0.5) is 13.2 Å². The molecule has 4 N–H and O–H groups in total. The Hall–Kier alpha value is -3.78. The monoisotopic (exact) mass is 515 g/mol. The Morgan fingerprint density at radius 1 is 1.27 bits per heavy atom. The number of aliphatic hydroxyl groups is 1. The number of rotatable bonds is 8. The van der Waals surface area contributed by atoms with Crippen LogP contribution in [0.5, 0.6) is 0 Å². The van der Waals surface area contributed by atoms with E-state index in [4.69, 9.17) is 10.7 Å². The Morgan fingerprint density at radius 3 is 2.57 bits per heavy atom. The second-order valence-corrected chi connectivity index (χ2v) is 9.31. The van der Waals surface area contributed by atoms with E-state index in [1.54, 1.807) is 19.1 Å². The largest absolute Gasteiger partial charge is 0.416 e. The van der Waals surface area contributed by atoms with Crippen LogP contribution in [0.1, 0.15) is 66.2 Å². The normalized spacial score (nSPS) is 20.4. The summed E-state index contributed by atoms with van der Waals surface area (Å²) in [6.07, 6.45) is -0.886. The highest BCUT2D eigenvalue weighted by molar-refractivity contribution is 5.96. The minimum Gasteiger partial charge on any atom is -0.384 e. The van der Waals surface area contributed by atoms with Gasteiger partial charge in [0.25, 0.3) is 5.91 Å². The van der Waals surface area contributed by atoms with Crippen LogP contribution in [0, 0.1) is 22.7 Å². The van der Waals surface area contributed by atoms with Crippen LogP contribution in [0.25, 0.3) is 0 Å². The molecule has 1 aliphatic rings. The standard InChI is InChI=1S/C26H28F3N5O3/c1-16(34-23(35)15-33-24(36)19-3-2-4-20(12-19)26(27,28)29)11-21(31)18-7-9-25(37,10-8-18)22-6-5-17(13-30)14-32-22/h2-6,12,14,16,18,31,37H,7-11,15H2,1H3,(H,33,36)(H,34,35)/t16-,18?,25?/m1/s1. The summed E-state index contributed by atoms with van der Waals surface area (Å²) in [6, 6.07) is 8.79. The van der Waals surface area contributed by atoms with Crippen molar-refractivity contribution in [2.75, 3.05) is 6.54 Å². The molecule has 0 radical (unpaired) electrons. The number of hydrogen-bond donors (Lipinski definition) is 4. The smallest absolute Gasteiger partial charge is 0.384 e. The van der Waals surface area contributed by atoms with Crippen LogP contribution in [0.2, 0.25) is 0 Å². The zero-order valence-corrected chi connectivity index (χ0v) is 20.2. The van der Waals surface area contributed by atoms with Gasteiger partial charge in [-0.05, 0) is 68.9 Å². The molecule has 1 saturated carbocycles. The summed E-state index contributed by atoms with van der Waals surface area (Å²) in [6.45, 7) is 1.31. The van der Waals surface area contributed by atoms with Crippen molar-refractivity contribution < 1.29 is 27.9 Å². The van der Waals surface area contributed by atoms with Gasteiger partial charge in [0.2, 0.25) is 5.91 Å². The number of carbonyl (C=O) groups excluding carboxylic acids is 2. The van der Waals surface area contributed by atoms with E-state index in [0.29, 0.717) is 42.7 Å². The van der Waals surface area contributed by atoms with Crippen LogP contribution in [0.15, 0.2) is 42.6 Å². The molecule has 0 unspecified atom stereocenters. The van der Waals surface area contributed by atoms with Crippen molar-refractivity contribution in [1.82, 2.24) is 15.6 Å². The fraction of sp³-hybridized carbons (Fsp3) is 0.423. The number of halogens is 3. The number of alkyl halides is 3. The number of hydrogen-bond acceptors (Lipinski definition) is 6. The quantitative estimate of drug-likeness (QED) is 0.397. The van der Waals surface area contributed by atoms with E-state index in [-0.39, 0.29) is 17.9 Å². The van der Waals surface area contributed by atoms with Gasteiger partial charge in [-0.1, -0.05) is 6.07 Å². The van der Waals surface area contributed by atoms with E-state index in [2.05, 4.69) is 15.6 Å². The second kappa shape index (κ2) is 11.5. The predicted molar refractivity (Wildman–Crippen MR) is 129 cm³/mol. The van der Waals surface area contributed by atoms with Crippen LogP contribution in [0.3, 0.4) is 0 Å². The molecule has 2 amide bonds. The van der Waals surface area contributed by atoms with E-state index in [1.807, 2.05) is 6.07 Å². The van der Waals surface area contributed by atoms with Crippen LogP contribution in [-0.2, 0) is 16.6 Å². The van der Waals surface area contributed by atoms with E-state index >= 15 is 0 Å². The van der Waals surface area contributed by atoms with Gasteiger partial charge in [0.05, 0.1) is 23.4 Å². The Balaban J connectivity index is 1.43. The third-order valence-corrected chi connectivity index (χ3v) is 6.47. The topological polar surface area (TPSA) is 139 Å². The number of nitrogens with one attached hydrogen (secondary N) is 3. The summed E-state index contributed by atoms with van der Waals surface area (Å²) in [5, 5.41) is 33.3. The molecule has 11 heteroatoms. The van der Waals surface area contributed by atoms with Gasteiger partial charge in [0, 0.05) is 29.9 Å². The maximum absolute atomic E-state index is 12.8. The van der Waals surface area contributed by atoms with Crippen molar-refractivity contribution in [2.24, 2.45) is 5.92 Å². The molecule has 37 heavy (non-hydrogen) atoms. The molecule has 0 saturated heterocycles. The summed E-state index contributed by atoms with van der Waals surface area (Å²) in [5.41, 5.74) is -0.909. The molecule has 1 heterocycles. The van der Waals surface area contributed by atoms with Crippen LogP contribution in [-0.4, -0.2) is 40.2 Å². The number of aromatic nitrogens is 1. The molecular weight excluding hydrogens is 487 g/mol. The highest BCUT2D eigenvalue weighted by Crippen LogP contribution is 2.39. The Morgan fingerprint density at radius 2 is 1.97 bits per heavy atom. The lowest BCUT2D eigenvalue weighted by Gasteiger charge is -2.36. The first-order valence-corrected chi connectivity index (χ1v) is 11.8. The first kappa shape index (κ1) is 27.8. The SMILES string of the molecule is C[C@H](CC(=N)C1CCC(O)(c2ccc(C#N)cn2)CC1)NC(=O)CNC(=O)c1cccc(C(F)(F)F)c1. The molecule has 1 aliphatic carbocycles. The van der Waals surface area contributed by atoms with Gasteiger partial charge in [-0.2, -0.15) is 18.4 Å². The number of amides is 2. The Bertz CT molecular complexity index is 1180. The maximum atomic E-state index is 12.8. The number of nitriles is 1. The number of nitrogens with zero attached hydrogens (tertiary/aromatic N) is 2. The zero-order chi connectivity index (χ0) is 27.2. The van der Waals surface area contributed by atoms with Crippen molar-refractivity contribution in [3.63, 3.8) is 0 Å². The average Bonchev–Trinajstić information content (AvgIpc) is 2.87. The summed E-state index contributed by atoms with van der Waals surface area (Å²) >= 11 is 0. The molecule has 196 valence electrons. The molecule has 2 aromatic rings. The minimum atomic E-state index is -4.58. The fourth-order valence-electron chi connectivity index (χ4n) is 4.41. The zero-order valence-electron chi connectivity index (χ0n) is 20.2. The lowest BCUT2D eigenvalue weighted by atomic mass is 9.74. The van der Waals surface area contributed by atoms with Crippen LogP contribution >= 0.6 is 0 Å². The predicted octanol–water partition coefficient (Wildman–Crippen LogP) is 3.69. The maximum Gasteiger partial charge on any atom is 0.416 e. The van der Waals surface area contributed by atoms with Crippen molar-refractivity contribution >= 4 is 17.5 Å². The Kier molecular flexibility index (Phi) is 8.65. The van der Waals surface area contributed by atoms with E-state index < -0.39 is 41.7 Å². The second-order valence-electron chi connectivity index (χ2n) is 9.31. The average molecular weight is 516 g/mol. The van der Waals surface area contributed by atoms with Gasteiger partial charge in [0.15, 0.2) is 0 Å². The lowest BCUT2D eigenvalue weighted by molar-refractivity contribution is -0.137. The fourth-order valence-corrected chi connectivity index (χ4v) is 4.41. The molecule has 0 spiro atoms. The van der Waals surface area contributed by atoms with Crippen LogP contribution < -0.4 is 10.6 Å². The number of carbonyl (C=O) groups is 2. The van der Waals surface area contributed by atoms with Gasteiger partial charge < -0.3 is 21.1 Å². The summed E-state index contributed by atoms with van der Waals surface area (Å²) < 4.78 is 38.5. The molecule has 1 aromatic carbocycles. The van der Waals surface area contributed by atoms with Crippen molar-refractivity contribution in [2.45, 2.75) is 56.8 Å². The molecule has 0 bridgehead atoms. The number of benzene rings is 1. The molecule has 0 aliphatic heterocycles. The van der Waals surface area contributed by atoms with E-state index in [9.17, 15) is 27.9 Å². The molecule has 8 nitrogen and oxygen atoms in total. The third-order valence-electron chi connectivity index (χ3n) is 6.47. The van der Waals surface area contributed by atoms with Gasteiger partial charge in [-0.3, -0.25) is 14.6 Å². The molecular formula is C26H28F3N5O3. The van der Waals surface area contributed by atoms with Gasteiger partial charge >= 0.3 is 6.18 Å². The third kappa shape index (κ3) is 7.36. The Labute approximate surface area is 212 Å². The first-order chi connectivity index (χ1) is 17.4. The van der Waals surface area contributed by atoms with E-state index in [1.165, 1.54) is 12.3 Å². The van der Waals surface area contributed by atoms with Gasteiger partial charge in [-0.15, -0.1) is 0 Å². The number of pyridine rings is 1. The molecule has 1 fully saturated rings. The van der Waals surface area contributed by atoms with Crippen molar-refractivity contribution in [3.8, 4) is 6.07 Å². The summed E-state index contributed by atoms with van der Waals surface area (Å²) in [4.78, 5) is 28.6. The molecule has 3 rings (SSSR count). The summed E-state index contributed by atoms with van der Waals surface area (Å²) in [7, 11) is 0. The van der Waals surface area contributed by atoms with Gasteiger partial charge in [0.1, 0.15) is 11.7 Å². The van der Waals surface area contributed by atoms with Crippen molar-refractivity contribution in [1.29, 1.82) is 10.7 Å². The highest BCUT2D eigenvalue weighted by Gasteiger charge is 2.37. The summed E-state index contributed by atoms with van der Waals surface area (Å²) in [5.74, 6) is -1.38. The highest BCUT2D eigenvalue weighted by atomic mass is 19.4. The first-order valence-electron chi connectivity index (χ1n) is 11.8. The molecule has 1 atom stereocenters. The van der Waals surface area contributed by atoms with Crippen molar-refractivity contribution in [3.05, 3.63) is 65.0 Å².